The Kier molecular flexibility index (Phi) is 5.79. The van der Waals surface area contributed by atoms with Crippen molar-refractivity contribution in [2.24, 2.45) is 7.05 Å². The third kappa shape index (κ3) is 4.32. The topological polar surface area (TPSA) is 73.2 Å². The number of imide groups is 1. The van der Waals surface area contributed by atoms with Crippen LogP contribution in [0.4, 0.5) is 0 Å². The lowest BCUT2D eigenvalue weighted by atomic mass is 9.87. The number of aromatic nitrogens is 2. The van der Waals surface area contributed by atoms with E-state index in [1.807, 2.05) is 43.6 Å². The Morgan fingerprint density at radius 2 is 2.00 bits per heavy atom. The number of terminal acetylenes is 1. The van der Waals surface area contributed by atoms with E-state index >= 15 is 0 Å². The van der Waals surface area contributed by atoms with Crippen LogP contribution in [0.15, 0.2) is 48.7 Å². The molecule has 1 saturated heterocycles. The van der Waals surface area contributed by atoms with Crippen molar-refractivity contribution in [3.05, 3.63) is 70.5 Å². The summed E-state index contributed by atoms with van der Waals surface area (Å²) in [6, 6.07) is 12.9. The van der Waals surface area contributed by atoms with Gasteiger partial charge in [-0.25, -0.2) is 0 Å². The molecular formula is C24H20ClN3O3. The number of rotatable bonds is 5. The fourth-order valence-corrected chi connectivity index (χ4v) is 4.07. The molecule has 6 nitrogen and oxygen atoms in total. The minimum atomic E-state index is -0.489. The Hall–Kier alpha value is -3.56. The van der Waals surface area contributed by atoms with E-state index in [0.29, 0.717) is 40.5 Å². The predicted molar refractivity (Wildman–Crippen MR) is 117 cm³/mol. The molecule has 0 spiro atoms. The lowest BCUT2D eigenvalue weighted by Crippen LogP contribution is -2.39. The number of carbonyl (C=O) groups is 2. The molecule has 4 rings (SSSR count). The number of hydrogen-bond donors (Lipinski definition) is 1. The molecule has 2 aromatic carbocycles. The van der Waals surface area contributed by atoms with Gasteiger partial charge in [0.05, 0.1) is 16.6 Å². The van der Waals surface area contributed by atoms with Gasteiger partial charge in [0.1, 0.15) is 12.4 Å². The number of carbonyl (C=O) groups excluding carboxylic acids is 2. The summed E-state index contributed by atoms with van der Waals surface area (Å²) < 4.78 is 7.51. The summed E-state index contributed by atoms with van der Waals surface area (Å²) in [5.41, 5.74) is 3.63. The van der Waals surface area contributed by atoms with Crippen LogP contribution in [0, 0.1) is 12.3 Å². The van der Waals surface area contributed by atoms with Gasteiger partial charge in [0.15, 0.2) is 0 Å². The van der Waals surface area contributed by atoms with Crippen molar-refractivity contribution in [3.63, 3.8) is 0 Å². The number of amides is 2. The van der Waals surface area contributed by atoms with Crippen molar-refractivity contribution in [2.45, 2.75) is 25.4 Å². The molecule has 1 aliphatic rings. The summed E-state index contributed by atoms with van der Waals surface area (Å²) >= 11 is 6.74. The summed E-state index contributed by atoms with van der Waals surface area (Å²) in [4.78, 5) is 23.8. The van der Waals surface area contributed by atoms with Gasteiger partial charge < -0.3 is 4.74 Å². The van der Waals surface area contributed by atoms with Gasteiger partial charge in [-0.05, 0) is 41.8 Å². The molecule has 1 fully saturated rings. The van der Waals surface area contributed by atoms with E-state index < -0.39 is 5.92 Å². The molecule has 0 bridgehead atoms. The van der Waals surface area contributed by atoms with Gasteiger partial charge in [0, 0.05) is 30.8 Å². The molecule has 3 aromatic rings. The average molecular weight is 434 g/mol. The molecule has 0 aliphatic carbocycles. The molecule has 1 aliphatic heterocycles. The zero-order valence-electron chi connectivity index (χ0n) is 16.9. The second-order valence-corrected chi connectivity index (χ2v) is 7.71. The first-order valence-electron chi connectivity index (χ1n) is 9.80. The Bertz CT molecular complexity index is 1190. The van der Waals surface area contributed by atoms with Crippen LogP contribution in [0.3, 0.4) is 0 Å². The maximum absolute atomic E-state index is 12.3. The molecule has 0 saturated carbocycles. The zero-order chi connectivity index (χ0) is 22.0. The summed E-state index contributed by atoms with van der Waals surface area (Å²) in [5.74, 6) is 2.26. The molecule has 1 unspecified atom stereocenters. The van der Waals surface area contributed by atoms with Gasteiger partial charge in [-0.2, -0.15) is 5.10 Å². The summed E-state index contributed by atoms with van der Waals surface area (Å²) in [7, 11) is 1.86. The standard InChI is InChI=1S/C24H20ClN3O3/c1-3-15-6-9-19(20-10-11-21(29)26-24(20)30)23(25)22(15)16-4-7-18(8-5-16)31-14-17-12-13-28(2)27-17/h1,4-9,12-13,20H,10-11,14H2,2H3,(H,26,29,30). The molecule has 2 heterocycles. The van der Waals surface area contributed by atoms with E-state index in [4.69, 9.17) is 22.8 Å². The van der Waals surface area contributed by atoms with Crippen molar-refractivity contribution in [1.29, 1.82) is 0 Å². The lowest BCUT2D eigenvalue weighted by molar-refractivity contribution is -0.134. The first kappa shape index (κ1) is 20.7. The molecule has 2 amide bonds. The number of benzene rings is 2. The van der Waals surface area contributed by atoms with Crippen LogP contribution in [-0.4, -0.2) is 21.6 Å². The molecule has 1 aromatic heterocycles. The summed E-state index contributed by atoms with van der Waals surface area (Å²) in [6.07, 6.45) is 8.27. The second kappa shape index (κ2) is 8.66. The smallest absolute Gasteiger partial charge is 0.234 e. The van der Waals surface area contributed by atoms with Crippen LogP contribution >= 0.6 is 11.6 Å². The highest BCUT2D eigenvalue weighted by atomic mass is 35.5. The third-order valence-corrected chi connectivity index (χ3v) is 5.65. The highest BCUT2D eigenvalue weighted by Gasteiger charge is 2.30. The van der Waals surface area contributed by atoms with Crippen LogP contribution in [0.25, 0.3) is 11.1 Å². The maximum Gasteiger partial charge on any atom is 0.234 e. The summed E-state index contributed by atoms with van der Waals surface area (Å²) in [6.45, 7) is 0.363. The Morgan fingerprint density at radius 1 is 1.23 bits per heavy atom. The highest BCUT2D eigenvalue weighted by molar-refractivity contribution is 6.34. The maximum atomic E-state index is 12.3. The Balaban J connectivity index is 1.61. The molecule has 1 atom stereocenters. The minimum absolute atomic E-state index is 0.265. The number of hydrogen-bond acceptors (Lipinski definition) is 4. The van der Waals surface area contributed by atoms with E-state index in [9.17, 15) is 9.59 Å². The second-order valence-electron chi connectivity index (χ2n) is 7.33. The highest BCUT2D eigenvalue weighted by Crippen LogP contribution is 2.39. The number of piperidine rings is 1. The van der Waals surface area contributed by atoms with Crippen LogP contribution in [-0.2, 0) is 23.2 Å². The molecule has 156 valence electrons. The fraction of sp³-hybridized carbons (Fsp3) is 0.208. The number of ether oxygens (including phenoxy) is 1. The Morgan fingerprint density at radius 3 is 2.65 bits per heavy atom. The van der Waals surface area contributed by atoms with Crippen LogP contribution < -0.4 is 10.1 Å². The normalized spacial score (nSPS) is 16.0. The molecule has 7 heteroatoms. The van der Waals surface area contributed by atoms with Crippen molar-refractivity contribution >= 4 is 23.4 Å². The van der Waals surface area contributed by atoms with Crippen LogP contribution in [0.5, 0.6) is 5.75 Å². The van der Waals surface area contributed by atoms with Gasteiger partial charge in [0.2, 0.25) is 11.8 Å². The average Bonchev–Trinajstić information content (AvgIpc) is 3.18. The zero-order valence-corrected chi connectivity index (χ0v) is 17.6. The summed E-state index contributed by atoms with van der Waals surface area (Å²) in [5, 5.41) is 7.09. The first-order chi connectivity index (χ1) is 15.0. The molecule has 0 radical (unpaired) electrons. The first-order valence-corrected chi connectivity index (χ1v) is 10.2. The fourth-order valence-electron chi connectivity index (χ4n) is 3.67. The van der Waals surface area contributed by atoms with Crippen LogP contribution in [0.1, 0.15) is 35.6 Å². The molecule has 1 N–H and O–H groups in total. The number of nitrogens with one attached hydrogen (secondary N) is 1. The van der Waals surface area contributed by atoms with Crippen molar-refractivity contribution < 1.29 is 14.3 Å². The Labute approximate surface area is 185 Å². The van der Waals surface area contributed by atoms with E-state index in [2.05, 4.69) is 16.3 Å². The molecule has 31 heavy (non-hydrogen) atoms. The van der Waals surface area contributed by atoms with Crippen molar-refractivity contribution in [3.8, 4) is 29.2 Å². The monoisotopic (exact) mass is 433 g/mol. The van der Waals surface area contributed by atoms with E-state index in [0.717, 1.165) is 11.3 Å². The number of halogens is 1. The minimum Gasteiger partial charge on any atom is -0.487 e. The third-order valence-electron chi connectivity index (χ3n) is 5.24. The van der Waals surface area contributed by atoms with Crippen molar-refractivity contribution in [2.75, 3.05) is 0 Å². The van der Waals surface area contributed by atoms with Gasteiger partial charge in [-0.15, -0.1) is 6.42 Å². The van der Waals surface area contributed by atoms with E-state index in [1.165, 1.54) is 0 Å². The quantitative estimate of drug-likeness (QED) is 0.490. The number of aryl methyl sites for hydroxylation is 1. The predicted octanol–water partition coefficient (Wildman–Crippen LogP) is 3.82. The van der Waals surface area contributed by atoms with E-state index in [-0.39, 0.29) is 18.2 Å². The van der Waals surface area contributed by atoms with Crippen molar-refractivity contribution in [1.82, 2.24) is 15.1 Å². The number of nitrogens with zero attached hydrogens (tertiary/aromatic N) is 2. The SMILES string of the molecule is C#Cc1ccc(C2CCC(=O)NC2=O)c(Cl)c1-c1ccc(OCc2ccn(C)n2)cc1. The van der Waals surface area contributed by atoms with Crippen LogP contribution in [0.2, 0.25) is 5.02 Å². The van der Waals surface area contributed by atoms with Gasteiger partial charge >= 0.3 is 0 Å². The van der Waals surface area contributed by atoms with Gasteiger partial charge in [-0.3, -0.25) is 19.6 Å². The lowest BCUT2D eigenvalue weighted by Gasteiger charge is -2.23. The van der Waals surface area contributed by atoms with Gasteiger partial charge in [0.25, 0.3) is 0 Å². The van der Waals surface area contributed by atoms with E-state index in [1.54, 1.807) is 16.8 Å². The largest absolute Gasteiger partial charge is 0.487 e. The molecular weight excluding hydrogens is 414 g/mol. The van der Waals surface area contributed by atoms with Gasteiger partial charge in [-0.1, -0.05) is 35.7 Å².